The van der Waals surface area contributed by atoms with Crippen LogP contribution in [0.1, 0.15) is 11.1 Å². The van der Waals surface area contributed by atoms with Crippen LogP contribution in [0, 0.1) is 30.3 Å². The van der Waals surface area contributed by atoms with E-state index in [4.69, 9.17) is 0 Å². The number of nitro groups is 3. The summed E-state index contributed by atoms with van der Waals surface area (Å²) in [5.41, 5.74) is 1.32. The molecule has 0 atom stereocenters. The number of amides is 1. The van der Waals surface area contributed by atoms with Crippen LogP contribution in [-0.4, -0.2) is 26.9 Å². The van der Waals surface area contributed by atoms with Crippen molar-refractivity contribution < 1.29 is 19.6 Å². The molecule has 0 saturated carbocycles. The van der Waals surface area contributed by atoms with Crippen molar-refractivity contribution in [3.8, 4) is 0 Å². The number of rotatable bonds is 7. The van der Waals surface area contributed by atoms with E-state index in [1.807, 2.05) is 0 Å². The van der Waals surface area contributed by atoms with E-state index in [2.05, 4.69) is 10.5 Å². The summed E-state index contributed by atoms with van der Waals surface area (Å²) in [6.45, 7) is 0. The number of hydrogen-bond donors (Lipinski definition) is 1. The predicted octanol–water partition coefficient (Wildman–Crippen LogP) is 2.10. The number of nitro benzene ring substituents is 3. The zero-order valence-corrected chi connectivity index (χ0v) is 13.5. The first-order valence-electron chi connectivity index (χ1n) is 7.26. The fraction of sp³-hybridized carbons (Fsp3) is 0.0667. The van der Waals surface area contributed by atoms with Crippen molar-refractivity contribution in [1.29, 1.82) is 0 Å². The van der Waals surface area contributed by atoms with Crippen LogP contribution in [0.15, 0.2) is 47.6 Å². The third-order valence-electron chi connectivity index (χ3n) is 3.31. The first kappa shape index (κ1) is 19.1. The van der Waals surface area contributed by atoms with E-state index in [9.17, 15) is 35.1 Å². The van der Waals surface area contributed by atoms with Crippen LogP contribution < -0.4 is 5.43 Å². The minimum atomic E-state index is -0.817. The number of benzene rings is 2. The lowest BCUT2D eigenvalue weighted by Gasteiger charge is -2.02. The summed E-state index contributed by atoms with van der Waals surface area (Å²) in [7, 11) is 0. The van der Waals surface area contributed by atoms with Crippen LogP contribution in [0.2, 0.25) is 0 Å². The Morgan fingerprint density at radius 2 is 1.63 bits per heavy atom. The number of carbonyl (C=O) groups is 1. The van der Waals surface area contributed by atoms with E-state index in [0.717, 1.165) is 18.2 Å². The van der Waals surface area contributed by atoms with Crippen LogP contribution in [0.5, 0.6) is 0 Å². The predicted molar refractivity (Wildman–Crippen MR) is 92.3 cm³/mol. The molecule has 0 fully saturated rings. The summed E-state index contributed by atoms with van der Waals surface area (Å²) < 4.78 is 0. The molecule has 0 aliphatic carbocycles. The number of nitrogens with one attached hydrogen (secondary N) is 1. The van der Waals surface area contributed by atoms with E-state index in [0.29, 0.717) is 5.56 Å². The molecule has 12 heteroatoms. The number of hydrogen-bond acceptors (Lipinski definition) is 8. The van der Waals surface area contributed by atoms with Gasteiger partial charge < -0.3 is 0 Å². The number of nitrogens with zero attached hydrogens (tertiary/aromatic N) is 4. The first-order valence-corrected chi connectivity index (χ1v) is 7.26. The molecule has 0 aromatic heterocycles. The second kappa shape index (κ2) is 8.24. The van der Waals surface area contributed by atoms with Gasteiger partial charge in [-0.2, -0.15) is 5.10 Å². The SMILES string of the molecule is O=C(Cc1ccc([N+](=O)[O-])cc1[N+](=O)[O-])N/N=C/c1cccc([N+](=O)[O-])c1. The molecule has 12 nitrogen and oxygen atoms in total. The average molecular weight is 373 g/mol. The van der Waals surface area contributed by atoms with E-state index < -0.39 is 38.5 Å². The summed E-state index contributed by atoms with van der Waals surface area (Å²) >= 11 is 0. The highest BCUT2D eigenvalue weighted by Gasteiger charge is 2.20. The molecule has 0 aliphatic heterocycles. The molecule has 2 rings (SSSR count). The molecular weight excluding hydrogens is 362 g/mol. The van der Waals surface area contributed by atoms with Gasteiger partial charge in [0.25, 0.3) is 17.1 Å². The van der Waals surface area contributed by atoms with Gasteiger partial charge in [0.2, 0.25) is 5.91 Å². The molecule has 1 N–H and O–H groups in total. The molecule has 0 unspecified atom stereocenters. The second-order valence-electron chi connectivity index (χ2n) is 5.15. The third kappa shape index (κ3) is 5.12. The molecular formula is C15H11N5O7. The Morgan fingerprint density at radius 1 is 0.963 bits per heavy atom. The zero-order valence-electron chi connectivity index (χ0n) is 13.5. The van der Waals surface area contributed by atoms with E-state index in [1.54, 1.807) is 0 Å². The summed E-state index contributed by atoms with van der Waals surface area (Å²) in [6.07, 6.45) is 0.746. The van der Waals surface area contributed by atoms with Crippen molar-refractivity contribution in [3.05, 3.63) is 83.9 Å². The molecule has 0 bridgehead atoms. The van der Waals surface area contributed by atoms with Crippen molar-refractivity contribution in [3.63, 3.8) is 0 Å². The lowest BCUT2D eigenvalue weighted by molar-refractivity contribution is -0.394. The lowest BCUT2D eigenvalue weighted by Crippen LogP contribution is -2.20. The van der Waals surface area contributed by atoms with Crippen LogP contribution in [0.4, 0.5) is 17.1 Å². The zero-order chi connectivity index (χ0) is 20.0. The van der Waals surface area contributed by atoms with Crippen LogP contribution in [0.25, 0.3) is 0 Å². The Hall–Kier alpha value is -4.22. The van der Waals surface area contributed by atoms with Gasteiger partial charge in [-0.3, -0.25) is 35.1 Å². The second-order valence-corrected chi connectivity index (χ2v) is 5.15. The maximum Gasteiger partial charge on any atom is 0.279 e. The highest BCUT2D eigenvalue weighted by molar-refractivity contribution is 5.84. The first-order chi connectivity index (χ1) is 12.8. The van der Waals surface area contributed by atoms with Gasteiger partial charge in [-0.05, 0) is 6.07 Å². The molecule has 138 valence electrons. The monoisotopic (exact) mass is 373 g/mol. The topological polar surface area (TPSA) is 171 Å². The van der Waals surface area contributed by atoms with Gasteiger partial charge in [-0.1, -0.05) is 12.1 Å². The van der Waals surface area contributed by atoms with Crippen molar-refractivity contribution >= 4 is 29.2 Å². The van der Waals surface area contributed by atoms with Gasteiger partial charge >= 0.3 is 0 Å². The molecule has 0 radical (unpaired) electrons. The van der Waals surface area contributed by atoms with Crippen molar-refractivity contribution in [2.45, 2.75) is 6.42 Å². The van der Waals surface area contributed by atoms with Gasteiger partial charge in [-0.25, -0.2) is 5.43 Å². The van der Waals surface area contributed by atoms with Crippen molar-refractivity contribution in [1.82, 2.24) is 5.43 Å². The molecule has 0 aliphatic rings. The molecule has 2 aromatic carbocycles. The summed E-state index contributed by atoms with van der Waals surface area (Å²) in [5, 5.41) is 36.0. The Morgan fingerprint density at radius 3 is 2.26 bits per heavy atom. The quantitative estimate of drug-likeness (QED) is 0.439. The molecule has 2 aromatic rings. The molecule has 1 amide bonds. The van der Waals surface area contributed by atoms with Crippen LogP contribution >= 0.6 is 0 Å². The van der Waals surface area contributed by atoms with Gasteiger partial charge in [0.15, 0.2) is 0 Å². The summed E-state index contributed by atoms with van der Waals surface area (Å²) in [6, 6.07) is 8.48. The third-order valence-corrected chi connectivity index (χ3v) is 3.31. The van der Waals surface area contributed by atoms with Gasteiger partial charge in [0, 0.05) is 29.3 Å². The van der Waals surface area contributed by atoms with E-state index in [1.165, 1.54) is 30.5 Å². The number of hydrazone groups is 1. The van der Waals surface area contributed by atoms with Crippen molar-refractivity contribution in [2.75, 3.05) is 0 Å². The summed E-state index contributed by atoms with van der Waals surface area (Å²) in [5.74, 6) is -0.700. The summed E-state index contributed by atoms with van der Waals surface area (Å²) in [4.78, 5) is 42.1. The van der Waals surface area contributed by atoms with E-state index in [-0.39, 0.29) is 11.3 Å². The fourth-order valence-electron chi connectivity index (χ4n) is 2.10. The number of carbonyl (C=O) groups excluding carboxylic acids is 1. The highest BCUT2D eigenvalue weighted by Crippen LogP contribution is 2.25. The lowest BCUT2D eigenvalue weighted by atomic mass is 10.1. The maximum atomic E-state index is 11.9. The van der Waals surface area contributed by atoms with Gasteiger partial charge in [-0.15, -0.1) is 0 Å². The Balaban J connectivity index is 2.07. The van der Waals surface area contributed by atoms with Crippen LogP contribution in [0.3, 0.4) is 0 Å². The van der Waals surface area contributed by atoms with Crippen molar-refractivity contribution in [2.24, 2.45) is 5.10 Å². The molecule has 0 saturated heterocycles. The van der Waals surface area contributed by atoms with E-state index >= 15 is 0 Å². The largest absolute Gasteiger partial charge is 0.279 e. The standard InChI is InChI=1S/C15H11N5O7/c21-15(17-16-9-10-2-1-3-12(6-10)18(22)23)7-11-4-5-13(19(24)25)8-14(11)20(26)27/h1-6,8-9H,7H2,(H,17,21)/b16-9+. The Bertz CT molecular complexity index is 957. The average Bonchev–Trinajstić information content (AvgIpc) is 2.61. The molecule has 27 heavy (non-hydrogen) atoms. The Labute approximate surface area is 150 Å². The fourth-order valence-corrected chi connectivity index (χ4v) is 2.10. The Kier molecular flexibility index (Phi) is 5.83. The minimum Gasteiger partial charge on any atom is -0.273 e. The highest BCUT2D eigenvalue weighted by atomic mass is 16.6. The normalized spacial score (nSPS) is 10.5. The smallest absolute Gasteiger partial charge is 0.273 e. The van der Waals surface area contributed by atoms with Crippen LogP contribution in [-0.2, 0) is 11.2 Å². The number of non-ortho nitro benzene ring substituents is 2. The maximum absolute atomic E-state index is 11.9. The van der Waals surface area contributed by atoms with Gasteiger partial charge in [0.1, 0.15) is 0 Å². The molecule has 0 spiro atoms. The minimum absolute atomic E-state index is 0.0198. The van der Waals surface area contributed by atoms with Gasteiger partial charge in [0.05, 0.1) is 33.5 Å². The molecule has 0 heterocycles.